The Bertz CT molecular complexity index is 1140. The molecule has 9 heteroatoms. The Kier molecular flexibility index (Phi) is 6.76. The molecule has 0 aliphatic carbocycles. The molecule has 0 aliphatic heterocycles. The highest BCUT2D eigenvalue weighted by molar-refractivity contribution is 7.89. The Morgan fingerprint density at radius 1 is 1.07 bits per heavy atom. The molecule has 3 rings (SSSR count). The summed E-state index contributed by atoms with van der Waals surface area (Å²) >= 11 is 1.44. The zero-order valence-electron chi connectivity index (χ0n) is 16.4. The number of hydrogen-bond acceptors (Lipinski definition) is 7. The van der Waals surface area contributed by atoms with Crippen LogP contribution in [0.25, 0.3) is 10.6 Å². The summed E-state index contributed by atoms with van der Waals surface area (Å²) in [5, 5.41) is 2.61. The van der Waals surface area contributed by atoms with Gasteiger partial charge in [0.15, 0.2) is 5.78 Å². The first-order chi connectivity index (χ1) is 14.3. The maximum Gasteiger partial charge on any atom is 0.321 e. The fourth-order valence-corrected chi connectivity index (χ4v) is 4.52. The van der Waals surface area contributed by atoms with Crippen LogP contribution in [-0.2, 0) is 26.2 Å². The van der Waals surface area contributed by atoms with Gasteiger partial charge in [-0.25, -0.2) is 13.4 Å². The third kappa shape index (κ3) is 5.18. The Morgan fingerprint density at radius 3 is 2.37 bits per heavy atom. The molecule has 2 aromatic carbocycles. The van der Waals surface area contributed by atoms with Crippen molar-refractivity contribution in [2.24, 2.45) is 0 Å². The minimum absolute atomic E-state index is 0.00481. The second kappa shape index (κ2) is 9.29. The predicted molar refractivity (Wildman–Crippen MR) is 114 cm³/mol. The molecular weight excluding hydrogens is 424 g/mol. The van der Waals surface area contributed by atoms with Crippen molar-refractivity contribution in [2.45, 2.75) is 18.4 Å². The topological polar surface area (TPSA) is 93.6 Å². The number of ketones is 1. The molecule has 1 heterocycles. The molecule has 0 N–H and O–H groups in total. The second-order valence-corrected chi connectivity index (χ2v) is 9.42. The second-order valence-electron chi connectivity index (χ2n) is 6.51. The number of thiazole rings is 1. The number of Topliss-reactive ketones (excluding diaryl/α,β-unsaturated/α-hetero) is 1. The van der Waals surface area contributed by atoms with Gasteiger partial charge < -0.3 is 4.74 Å². The van der Waals surface area contributed by atoms with Crippen molar-refractivity contribution in [1.82, 2.24) is 9.29 Å². The maximum atomic E-state index is 12.6. The number of rotatable bonds is 8. The Labute approximate surface area is 179 Å². The molecule has 0 fully saturated rings. The number of likely N-dealkylation sites (N-methyl/N-ethyl adjacent to an activating group) is 1. The fraction of sp³-hybridized carbons (Fsp3) is 0.190. The van der Waals surface area contributed by atoms with Crippen molar-refractivity contribution < 1.29 is 22.7 Å². The van der Waals surface area contributed by atoms with Gasteiger partial charge in [-0.3, -0.25) is 9.59 Å². The van der Waals surface area contributed by atoms with E-state index in [1.54, 1.807) is 5.38 Å². The lowest BCUT2D eigenvalue weighted by Gasteiger charge is -2.16. The Hall–Kier alpha value is -2.88. The van der Waals surface area contributed by atoms with Crippen molar-refractivity contribution in [1.29, 1.82) is 0 Å². The number of ether oxygens (including phenoxy) is 1. The highest BCUT2D eigenvalue weighted by Crippen LogP contribution is 2.23. The average Bonchev–Trinajstić information content (AvgIpc) is 3.22. The smallest absolute Gasteiger partial charge is 0.321 e. The lowest BCUT2D eigenvalue weighted by molar-refractivity contribution is -0.145. The summed E-state index contributed by atoms with van der Waals surface area (Å²) in [6, 6.07) is 15.2. The molecule has 0 atom stereocenters. The molecule has 0 amide bonds. The van der Waals surface area contributed by atoms with Gasteiger partial charge in [-0.15, -0.1) is 11.3 Å². The van der Waals surface area contributed by atoms with Crippen LogP contribution in [0.4, 0.5) is 0 Å². The van der Waals surface area contributed by atoms with Crippen LogP contribution in [0, 0.1) is 0 Å². The first-order valence-corrected chi connectivity index (χ1v) is 11.3. The van der Waals surface area contributed by atoms with Gasteiger partial charge in [0.05, 0.1) is 10.6 Å². The molecule has 0 bridgehead atoms. The van der Waals surface area contributed by atoms with Crippen LogP contribution in [0.1, 0.15) is 23.0 Å². The van der Waals surface area contributed by atoms with Gasteiger partial charge in [0.25, 0.3) is 0 Å². The maximum absolute atomic E-state index is 12.6. The van der Waals surface area contributed by atoms with E-state index in [4.69, 9.17) is 4.74 Å². The number of benzene rings is 2. The molecular formula is C21H20N2O5S2. The van der Waals surface area contributed by atoms with E-state index in [0.717, 1.165) is 14.9 Å². The zero-order chi connectivity index (χ0) is 21.7. The number of carbonyl (C=O) groups excluding carboxylic acids is 2. The van der Waals surface area contributed by atoms with Gasteiger partial charge in [-0.1, -0.05) is 42.5 Å². The number of hydrogen-bond donors (Lipinski definition) is 0. The Balaban J connectivity index is 1.58. The predicted octanol–water partition coefficient (Wildman–Crippen LogP) is 3.38. The third-order valence-corrected chi connectivity index (χ3v) is 7.03. The van der Waals surface area contributed by atoms with Gasteiger partial charge >= 0.3 is 5.97 Å². The number of aromatic nitrogens is 1. The monoisotopic (exact) mass is 444 g/mol. The van der Waals surface area contributed by atoms with E-state index in [9.17, 15) is 18.0 Å². The number of nitrogens with zero attached hydrogens (tertiary/aromatic N) is 2. The van der Waals surface area contributed by atoms with Gasteiger partial charge in [-0.2, -0.15) is 4.31 Å². The molecule has 3 aromatic rings. The number of carbonyl (C=O) groups is 2. The van der Waals surface area contributed by atoms with E-state index in [1.165, 1.54) is 49.6 Å². The van der Waals surface area contributed by atoms with Crippen molar-refractivity contribution in [3.63, 3.8) is 0 Å². The standard InChI is InChI=1S/C21H20N2O5S2/c1-15(24)16-8-10-19(11-9-16)30(26,27)23(2)12-20(25)28-13-18-14-29-21(22-18)17-6-4-3-5-7-17/h3-11,14H,12-13H2,1-2H3. The van der Waals surface area contributed by atoms with Gasteiger partial charge in [0.1, 0.15) is 18.2 Å². The SMILES string of the molecule is CC(=O)c1ccc(S(=O)(=O)N(C)CC(=O)OCc2csc(-c3ccccc3)n2)cc1. The van der Waals surface area contributed by atoms with Crippen LogP contribution in [0.2, 0.25) is 0 Å². The van der Waals surface area contributed by atoms with E-state index >= 15 is 0 Å². The molecule has 0 saturated heterocycles. The van der Waals surface area contributed by atoms with Crippen LogP contribution < -0.4 is 0 Å². The quantitative estimate of drug-likeness (QED) is 0.391. The van der Waals surface area contributed by atoms with Gasteiger partial charge in [-0.05, 0) is 19.1 Å². The summed E-state index contributed by atoms with van der Waals surface area (Å²) in [7, 11) is -2.59. The molecule has 0 spiro atoms. The van der Waals surface area contributed by atoms with Gasteiger partial charge in [0.2, 0.25) is 10.0 Å². The molecule has 0 aliphatic rings. The van der Waals surface area contributed by atoms with Crippen molar-refractivity contribution in [3.8, 4) is 10.6 Å². The first-order valence-electron chi connectivity index (χ1n) is 9.00. The normalized spacial score (nSPS) is 11.4. The summed E-state index contributed by atoms with van der Waals surface area (Å²) < 4.78 is 31.3. The van der Waals surface area contributed by atoms with Gasteiger partial charge in [0, 0.05) is 23.6 Å². The highest BCUT2D eigenvalue weighted by Gasteiger charge is 2.24. The first kappa shape index (κ1) is 21.8. The summed E-state index contributed by atoms with van der Waals surface area (Å²) in [6.45, 7) is 0.923. The van der Waals surface area contributed by atoms with E-state index in [1.807, 2.05) is 30.3 Å². The molecule has 156 valence electrons. The summed E-state index contributed by atoms with van der Waals surface area (Å²) in [5.74, 6) is -0.843. The van der Waals surface area contributed by atoms with Crippen LogP contribution >= 0.6 is 11.3 Å². The van der Waals surface area contributed by atoms with E-state index < -0.39 is 22.5 Å². The molecule has 0 unspecified atom stereocenters. The van der Waals surface area contributed by atoms with Crippen molar-refractivity contribution in [3.05, 3.63) is 71.2 Å². The zero-order valence-corrected chi connectivity index (χ0v) is 18.1. The lowest BCUT2D eigenvalue weighted by Crippen LogP contribution is -2.33. The minimum Gasteiger partial charge on any atom is -0.458 e. The largest absolute Gasteiger partial charge is 0.458 e. The summed E-state index contributed by atoms with van der Waals surface area (Å²) in [4.78, 5) is 27.9. The number of sulfonamides is 1. The van der Waals surface area contributed by atoms with Crippen LogP contribution in [0.5, 0.6) is 0 Å². The minimum atomic E-state index is -3.88. The molecule has 1 aromatic heterocycles. The van der Waals surface area contributed by atoms with E-state index in [2.05, 4.69) is 4.98 Å². The fourth-order valence-electron chi connectivity index (χ4n) is 2.60. The molecule has 0 saturated carbocycles. The molecule has 0 radical (unpaired) electrons. The Morgan fingerprint density at radius 2 is 1.73 bits per heavy atom. The van der Waals surface area contributed by atoms with Crippen LogP contribution in [0.3, 0.4) is 0 Å². The molecule has 30 heavy (non-hydrogen) atoms. The lowest BCUT2D eigenvalue weighted by atomic mass is 10.2. The summed E-state index contributed by atoms with van der Waals surface area (Å²) in [5.41, 5.74) is 1.98. The van der Waals surface area contributed by atoms with Crippen LogP contribution in [-0.4, -0.2) is 43.1 Å². The van der Waals surface area contributed by atoms with E-state index in [0.29, 0.717) is 11.3 Å². The van der Waals surface area contributed by atoms with E-state index in [-0.39, 0.29) is 17.3 Å². The highest BCUT2D eigenvalue weighted by atomic mass is 32.2. The number of esters is 1. The van der Waals surface area contributed by atoms with Crippen molar-refractivity contribution >= 4 is 33.1 Å². The summed E-state index contributed by atoms with van der Waals surface area (Å²) in [6.07, 6.45) is 0. The van der Waals surface area contributed by atoms with Crippen molar-refractivity contribution in [2.75, 3.05) is 13.6 Å². The van der Waals surface area contributed by atoms with Crippen LogP contribution in [0.15, 0.2) is 64.9 Å². The molecule has 7 nitrogen and oxygen atoms in total. The average molecular weight is 445 g/mol. The third-order valence-electron chi connectivity index (χ3n) is 4.27.